The lowest BCUT2D eigenvalue weighted by Gasteiger charge is -2.10. The van der Waals surface area contributed by atoms with Gasteiger partial charge in [0.15, 0.2) is 11.3 Å². The summed E-state index contributed by atoms with van der Waals surface area (Å²) in [4.78, 5) is 28.5. The van der Waals surface area contributed by atoms with Crippen LogP contribution in [0.3, 0.4) is 0 Å². The number of hydrogen-bond donors (Lipinski definition) is 2. The molecule has 2 heterocycles. The van der Waals surface area contributed by atoms with Crippen molar-refractivity contribution in [1.82, 2.24) is 4.98 Å². The van der Waals surface area contributed by atoms with Gasteiger partial charge in [0.25, 0.3) is 5.91 Å². The number of furan rings is 1. The van der Waals surface area contributed by atoms with Crippen LogP contribution in [0.15, 0.2) is 47.1 Å². The van der Waals surface area contributed by atoms with Gasteiger partial charge in [-0.3, -0.25) is 14.6 Å². The van der Waals surface area contributed by atoms with E-state index in [0.29, 0.717) is 38.9 Å². The summed E-state index contributed by atoms with van der Waals surface area (Å²) in [5.41, 5.74) is 2.11. The Labute approximate surface area is 180 Å². The zero-order chi connectivity index (χ0) is 21.4. The first-order chi connectivity index (χ1) is 14.4. The van der Waals surface area contributed by atoms with E-state index >= 15 is 0 Å². The fraction of sp³-hybridized carbons (Fsp3) is 0.0952. The first kappa shape index (κ1) is 20.0. The van der Waals surface area contributed by atoms with Crippen LogP contribution in [-0.4, -0.2) is 23.9 Å². The number of hydrogen-bond acceptors (Lipinski definition) is 5. The van der Waals surface area contributed by atoms with Gasteiger partial charge in [0.2, 0.25) is 5.91 Å². The molecular formula is C21H15Cl2N3O4. The number of benzene rings is 2. The van der Waals surface area contributed by atoms with Gasteiger partial charge in [-0.1, -0.05) is 23.2 Å². The summed E-state index contributed by atoms with van der Waals surface area (Å²) in [7, 11) is 1.51. The van der Waals surface area contributed by atoms with Crippen LogP contribution in [0.2, 0.25) is 10.0 Å². The molecule has 0 aliphatic carbocycles. The third kappa shape index (κ3) is 3.53. The average Bonchev–Trinajstić information content (AvgIpc) is 3.08. The molecule has 0 aliphatic rings. The van der Waals surface area contributed by atoms with Crippen LogP contribution < -0.4 is 15.4 Å². The van der Waals surface area contributed by atoms with E-state index < -0.39 is 5.91 Å². The minimum Gasteiger partial charge on any atom is -0.493 e. The van der Waals surface area contributed by atoms with E-state index in [1.54, 1.807) is 30.3 Å². The summed E-state index contributed by atoms with van der Waals surface area (Å²) >= 11 is 12.3. The molecule has 0 atom stereocenters. The molecule has 0 spiro atoms. The van der Waals surface area contributed by atoms with Crippen molar-refractivity contribution in [2.24, 2.45) is 0 Å². The van der Waals surface area contributed by atoms with Crippen molar-refractivity contribution < 1.29 is 18.7 Å². The van der Waals surface area contributed by atoms with Crippen molar-refractivity contribution in [1.29, 1.82) is 0 Å². The second-order valence-corrected chi connectivity index (χ2v) is 7.26. The fourth-order valence-corrected chi connectivity index (χ4v) is 3.66. The predicted octanol–water partition coefficient (Wildman–Crippen LogP) is 5.51. The van der Waals surface area contributed by atoms with Crippen molar-refractivity contribution in [2.75, 3.05) is 17.7 Å². The lowest BCUT2D eigenvalue weighted by Crippen LogP contribution is -2.13. The van der Waals surface area contributed by atoms with E-state index in [0.717, 1.165) is 0 Å². The van der Waals surface area contributed by atoms with Gasteiger partial charge in [0.1, 0.15) is 5.58 Å². The minimum absolute atomic E-state index is 0.209. The summed E-state index contributed by atoms with van der Waals surface area (Å²) in [6, 6.07) is 8.45. The lowest BCUT2D eigenvalue weighted by molar-refractivity contribution is -0.114. The Morgan fingerprint density at radius 3 is 2.47 bits per heavy atom. The number of halogens is 2. The van der Waals surface area contributed by atoms with Crippen LogP contribution in [0.4, 0.5) is 11.4 Å². The zero-order valence-corrected chi connectivity index (χ0v) is 17.4. The molecule has 0 saturated carbocycles. The largest absolute Gasteiger partial charge is 0.493 e. The van der Waals surface area contributed by atoms with Crippen LogP contribution in [-0.2, 0) is 4.79 Å². The van der Waals surface area contributed by atoms with Crippen molar-refractivity contribution in [3.05, 3.63) is 58.3 Å². The molecule has 0 aliphatic heterocycles. The molecule has 7 nitrogen and oxygen atoms in total. The highest BCUT2D eigenvalue weighted by Crippen LogP contribution is 2.39. The second kappa shape index (κ2) is 7.85. The van der Waals surface area contributed by atoms with Crippen LogP contribution in [0.1, 0.15) is 17.3 Å². The number of carbonyl (C=O) groups excluding carboxylic acids is 2. The van der Waals surface area contributed by atoms with Gasteiger partial charge < -0.3 is 19.8 Å². The van der Waals surface area contributed by atoms with Gasteiger partial charge in [0.05, 0.1) is 28.4 Å². The highest BCUT2D eigenvalue weighted by Gasteiger charge is 2.21. The number of pyridine rings is 1. The molecule has 152 valence electrons. The summed E-state index contributed by atoms with van der Waals surface area (Å²) < 4.78 is 11.3. The Bertz CT molecular complexity index is 1300. The maximum Gasteiger partial charge on any atom is 0.256 e. The number of aromatic nitrogens is 1. The van der Waals surface area contributed by atoms with Gasteiger partial charge in [0, 0.05) is 35.8 Å². The minimum atomic E-state index is -0.440. The Kier molecular flexibility index (Phi) is 5.24. The Balaban J connectivity index is 1.90. The molecular weight excluding hydrogens is 429 g/mol. The number of amides is 2. The molecule has 2 aromatic heterocycles. The molecule has 0 unspecified atom stereocenters. The summed E-state index contributed by atoms with van der Waals surface area (Å²) in [6.45, 7) is 1.42. The zero-order valence-electron chi connectivity index (χ0n) is 15.9. The lowest BCUT2D eigenvalue weighted by atomic mass is 10.0. The molecule has 2 amide bonds. The Morgan fingerprint density at radius 1 is 1.07 bits per heavy atom. The van der Waals surface area contributed by atoms with Gasteiger partial charge in [-0.15, -0.1) is 0 Å². The van der Waals surface area contributed by atoms with Crippen LogP contribution in [0.5, 0.6) is 5.75 Å². The molecule has 30 heavy (non-hydrogen) atoms. The predicted molar refractivity (Wildman–Crippen MR) is 117 cm³/mol. The first-order valence-electron chi connectivity index (χ1n) is 8.80. The second-order valence-electron chi connectivity index (χ2n) is 6.45. The number of rotatable bonds is 4. The Hall–Kier alpha value is -3.29. The van der Waals surface area contributed by atoms with Crippen molar-refractivity contribution in [2.45, 2.75) is 6.92 Å². The van der Waals surface area contributed by atoms with Crippen molar-refractivity contribution in [3.8, 4) is 5.75 Å². The van der Waals surface area contributed by atoms with Crippen LogP contribution in [0, 0.1) is 0 Å². The van der Waals surface area contributed by atoms with Crippen LogP contribution >= 0.6 is 23.2 Å². The molecule has 2 aromatic carbocycles. The smallest absolute Gasteiger partial charge is 0.256 e. The Morgan fingerprint density at radius 2 is 1.80 bits per heavy atom. The van der Waals surface area contributed by atoms with E-state index in [4.69, 9.17) is 32.4 Å². The maximum absolute atomic E-state index is 13.1. The maximum atomic E-state index is 13.1. The standard InChI is InChI=1S/C21H15Cl2N3O4/c1-10(27)25-11-3-5-16-13(7-11)18-12(4-6-17(29-2)20(18)30-16)21(28)26-19-14(22)8-24-9-15(19)23/h3-9H,1-2H3,(H,25,27)(H,24,26,28). The molecule has 9 heteroatoms. The summed E-state index contributed by atoms with van der Waals surface area (Å²) in [5, 5.41) is 7.07. The highest BCUT2D eigenvalue weighted by molar-refractivity contribution is 6.40. The molecule has 0 radical (unpaired) electrons. The molecule has 0 bridgehead atoms. The number of nitrogens with one attached hydrogen (secondary N) is 2. The van der Waals surface area contributed by atoms with Crippen LogP contribution in [0.25, 0.3) is 21.9 Å². The normalized spacial score (nSPS) is 10.9. The monoisotopic (exact) mass is 443 g/mol. The summed E-state index contributed by atoms with van der Waals surface area (Å²) in [5.74, 6) is -0.177. The van der Waals surface area contributed by atoms with E-state index in [-0.39, 0.29) is 21.6 Å². The average molecular weight is 444 g/mol. The first-order valence-corrected chi connectivity index (χ1v) is 9.56. The number of fused-ring (bicyclic) bond motifs is 3. The van der Waals surface area contributed by atoms with Crippen molar-refractivity contribution in [3.63, 3.8) is 0 Å². The molecule has 2 N–H and O–H groups in total. The fourth-order valence-electron chi connectivity index (χ4n) is 3.20. The van der Waals surface area contributed by atoms with Crippen molar-refractivity contribution >= 4 is 68.3 Å². The third-order valence-corrected chi connectivity index (χ3v) is 5.03. The SMILES string of the molecule is COc1ccc(C(=O)Nc2c(Cl)cncc2Cl)c2c1oc1ccc(NC(C)=O)cc12. The number of ether oxygens (including phenoxy) is 1. The molecule has 4 aromatic rings. The molecule has 0 saturated heterocycles. The third-order valence-electron chi connectivity index (χ3n) is 4.46. The van der Waals surface area contributed by atoms with Gasteiger partial charge in [-0.05, 0) is 30.3 Å². The topological polar surface area (TPSA) is 93.5 Å². The van der Waals surface area contributed by atoms with E-state index in [9.17, 15) is 9.59 Å². The quantitative estimate of drug-likeness (QED) is 0.433. The van der Waals surface area contributed by atoms with E-state index in [1.165, 1.54) is 26.4 Å². The number of carbonyl (C=O) groups is 2. The number of nitrogens with zero attached hydrogens (tertiary/aromatic N) is 1. The van der Waals surface area contributed by atoms with E-state index in [2.05, 4.69) is 15.6 Å². The van der Waals surface area contributed by atoms with Gasteiger partial charge in [-0.2, -0.15) is 0 Å². The summed E-state index contributed by atoms with van der Waals surface area (Å²) in [6.07, 6.45) is 2.78. The molecule has 4 rings (SSSR count). The van der Waals surface area contributed by atoms with Gasteiger partial charge in [-0.25, -0.2) is 0 Å². The highest BCUT2D eigenvalue weighted by atomic mass is 35.5. The number of methoxy groups -OCH3 is 1. The number of anilines is 2. The van der Waals surface area contributed by atoms with E-state index in [1.807, 2.05) is 0 Å². The van der Waals surface area contributed by atoms with Gasteiger partial charge >= 0.3 is 0 Å². The molecule has 0 fully saturated rings.